The molecule has 116 valence electrons. The Morgan fingerprint density at radius 3 is 3.09 bits per heavy atom. The van der Waals surface area contributed by atoms with Gasteiger partial charge >= 0.3 is 5.97 Å². The number of rotatable bonds is 5. The van der Waals surface area contributed by atoms with Crippen LogP contribution in [0.2, 0.25) is 0 Å². The Bertz CT molecular complexity index is 649. The van der Waals surface area contributed by atoms with Crippen LogP contribution in [-0.2, 0) is 16.1 Å². The first kappa shape index (κ1) is 14.0. The van der Waals surface area contributed by atoms with Gasteiger partial charge in [0.2, 0.25) is 5.89 Å². The molecule has 2 heterocycles. The van der Waals surface area contributed by atoms with E-state index >= 15 is 0 Å². The molecule has 22 heavy (non-hydrogen) atoms. The van der Waals surface area contributed by atoms with Crippen molar-refractivity contribution in [3.63, 3.8) is 0 Å². The van der Waals surface area contributed by atoms with Gasteiger partial charge in [0.15, 0.2) is 0 Å². The summed E-state index contributed by atoms with van der Waals surface area (Å²) in [5.41, 5.74) is 0.671. The lowest BCUT2D eigenvalue weighted by molar-refractivity contribution is -0.146. The normalized spacial score (nSPS) is 26.5. The summed E-state index contributed by atoms with van der Waals surface area (Å²) in [6.45, 7) is 0.203. The SMILES string of the molecule is O=C(C[C@@H]1C[C@H]2CC[C@@H]1C2)OCc1coc(-c2cccs2)n1. The van der Waals surface area contributed by atoms with Crippen LogP contribution in [0.25, 0.3) is 10.8 Å². The first-order valence-electron chi connectivity index (χ1n) is 7.92. The number of thiophene rings is 1. The van der Waals surface area contributed by atoms with Crippen molar-refractivity contribution in [1.82, 2.24) is 4.98 Å². The maximum Gasteiger partial charge on any atom is 0.306 e. The number of hydrogen-bond acceptors (Lipinski definition) is 5. The highest BCUT2D eigenvalue weighted by molar-refractivity contribution is 7.13. The molecule has 4 nitrogen and oxygen atoms in total. The molecule has 2 saturated carbocycles. The van der Waals surface area contributed by atoms with E-state index in [1.54, 1.807) is 17.6 Å². The third-order valence-electron chi connectivity index (χ3n) is 4.98. The first-order valence-corrected chi connectivity index (χ1v) is 8.80. The summed E-state index contributed by atoms with van der Waals surface area (Å²) in [4.78, 5) is 17.4. The monoisotopic (exact) mass is 317 g/mol. The third kappa shape index (κ3) is 2.82. The molecule has 0 amide bonds. The van der Waals surface area contributed by atoms with E-state index in [4.69, 9.17) is 9.15 Å². The van der Waals surface area contributed by atoms with E-state index in [1.807, 2.05) is 17.5 Å². The minimum atomic E-state index is -0.0989. The lowest BCUT2D eigenvalue weighted by Crippen LogP contribution is -2.17. The molecular formula is C17H19NO3S. The summed E-state index contributed by atoms with van der Waals surface area (Å²) in [6.07, 6.45) is 7.34. The van der Waals surface area contributed by atoms with Crippen LogP contribution in [0.15, 0.2) is 28.2 Å². The molecule has 2 aliphatic carbocycles. The number of ether oxygens (including phenoxy) is 1. The van der Waals surface area contributed by atoms with Crippen molar-refractivity contribution in [3.05, 3.63) is 29.5 Å². The van der Waals surface area contributed by atoms with Crippen molar-refractivity contribution >= 4 is 17.3 Å². The summed E-state index contributed by atoms with van der Waals surface area (Å²) in [7, 11) is 0. The number of oxazole rings is 1. The standard InChI is InChI=1S/C17H19NO3S/c19-16(8-13-7-11-3-4-12(13)6-11)20-9-14-10-21-17(18-14)15-2-1-5-22-15/h1-2,5,10-13H,3-4,6-9H2/t11-,12+,13-/m0/s1. The van der Waals surface area contributed by atoms with Crippen LogP contribution in [-0.4, -0.2) is 11.0 Å². The van der Waals surface area contributed by atoms with Gasteiger partial charge in [-0.1, -0.05) is 12.5 Å². The second-order valence-corrected chi connectivity index (χ2v) is 7.37. The van der Waals surface area contributed by atoms with Gasteiger partial charge in [-0.25, -0.2) is 4.98 Å². The highest BCUT2D eigenvalue weighted by Gasteiger charge is 2.40. The molecule has 2 aliphatic rings. The van der Waals surface area contributed by atoms with Gasteiger partial charge in [-0.05, 0) is 48.5 Å². The second-order valence-electron chi connectivity index (χ2n) is 6.42. The van der Waals surface area contributed by atoms with E-state index in [-0.39, 0.29) is 12.6 Å². The van der Waals surface area contributed by atoms with Crippen molar-refractivity contribution in [2.75, 3.05) is 0 Å². The van der Waals surface area contributed by atoms with Crippen LogP contribution in [0.4, 0.5) is 0 Å². The molecule has 0 aromatic carbocycles. The van der Waals surface area contributed by atoms with E-state index in [9.17, 15) is 4.79 Å². The maximum absolute atomic E-state index is 12.0. The summed E-state index contributed by atoms with van der Waals surface area (Å²) >= 11 is 1.58. The molecule has 2 aromatic rings. The van der Waals surface area contributed by atoms with Gasteiger partial charge in [0.05, 0.1) is 4.88 Å². The molecule has 5 heteroatoms. The number of carbonyl (C=O) groups is 1. The minimum absolute atomic E-state index is 0.0989. The third-order valence-corrected chi connectivity index (χ3v) is 5.84. The van der Waals surface area contributed by atoms with Gasteiger partial charge in [-0.15, -0.1) is 11.3 Å². The molecule has 2 aromatic heterocycles. The Balaban J connectivity index is 1.28. The second kappa shape index (κ2) is 5.88. The summed E-state index contributed by atoms with van der Waals surface area (Å²) in [5.74, 6) is 2.67. The van der Waals surface area contributed by atoms with Gasteiger partial charge in [0.25, 0.3) is 0 Å². The zero-order valence-electron chi connectivity index (χ0n) is 12.4. The van der Waals surface area contributed by atoms with Crippen molar-refractivity contribution in [3.8, 4) is 10.8 Å². The smallest absolute Gasteiger partial charge is 0.306 e. The van der Waals surface area contributed by atoms with Crippen LogP contribution in [0.3, 0.4) is 0 Å². The predicted octanol–water partition coefficient (Wildman–Crippen LogP) is 4.27. The Kier molecular flexibility index (Phi) is 3.74. The zero-order chi connectivity index (χ0) is 14.9. The molecule has 0 N–H and O–H groups in total. The number of aromatic nitrogens is 1. The molecule has 0 unspecified atom stereocenters. The Hall–Kier alpha value is -1.62. The fraction of sp³-hybridized carbons (Fsp3) is 0.529. The zero-order valence-corrected chi connectivity index (χ0v) is 13.2. The lowest BCUT2D eigenvalue weighted by atomic mass is 9.86. The molecule has 2 bridgehead atoms. The number of fused-ring (bicyclic) bond motifs is 2. The van der Waals surface area contributed by atoms with E-state index in [0.29, 0.717) is 23.9 Å². The van der Waals surface area contributed by atoms with Gasteiger partial charge in [0, 0.05) is 6.42 Å². The highest BCUT2D eigenvalue weighted by atomic mass is 32.1. The average molecular weight is 317 g/mol. The quantitative estimate of drug-likeness (QED) is 0.773. The Morgan fingerprint density at radius 1 is 1.41 bits per heavy atom. The van der Waals surface area contributed by atoms with E-state index in [1.165, 1.54) is 25.7 Å². The molecule has 0 radical (unpaired) electrons. The number of nitrogens with zero attached hydrogens (tertiary/aromatic N) is 1. The van der Waals surface area contributed by atoms with E-state index < -0.39 is 0 Å². The van der Waals surface area contributed by atoms with E-state index in [0.717, 1.165) is 16.7 Å². The van der Waals surface area contributed by atoms with Crippen LogP contribution >= 0.6 is 11.3 Å². The molecule has 0 saturated heterocycles. The molecular weight excluding hydrogens is 298 g/mol. The number of hydrogen-bond donors (Lipinski definition) is 0. The van der Waals surface area contributed by atoms with Crippen molar-refractivity contribution in [2.24, 2.45) is 17.8 Å². The van der Waals surface area contributed by atoms with Gasteiger partial charge in [-0.3, -0.25) is 4.79 Å². The van der Waals surface area contributed by atoms with Gasteiger partial charge < -0.3 is 9.15 Å². The summed E-state index contributed by atoms with van der Waals surface area (Å²) < 4.78 is 10.8. The van der Waals surface area contributed by atoms with Crippen LogP contribution < -0.4 is 0 Å². The van der Waals surface area contributed by atoms with Crippen LogP contribution in [0, 0.1) is 17.8 Å². The number of esters is 1. The van der Waals surface area contributed by atoms with Crippen LogP contribution in [0.5, 0.6) is 0 Å². The fourth-order valence-corrected chi connectivity index (χ4v) is 4.60. The molecule has 0 spiro atoms. The first-order chi connectivity index (χ1) is 10.8. The number of carbonyl (C=O) groups excluding carboxylic acids is 1. The van der Waals surface area contributed by atoms with Crippen molar-refractivity contribution < 1.29 is 13.9 Å². The molecule has 0 aliphatic heterocycles. The minimum Gasteiger partial charge on any atom is -0.459 e. The van der Waals surface area contributed by atoms with Gasteiger partial charge in [0.1, 0.15) is 18.6 Å². The lowest BCUT2D eigenvalue weighted by Gasteiger charge is -2.20. The molecule has 2 fully saturated rings. The highest BCUT2D eigenvalue weighted by Crippen LogP contribution is 2.49. The van der Waals surface area contributed by atoms with Crippen molar-refractivity contribution in [2.45, 2.75) is 38.7 Å². The fourth-order valence-electron chi connectivity index (χ4n) is 3.94. The summed E-state index contributed by atoms with van der Waals surface area (Å²) in [6, 6.07) is 3.92. The molecule has 4 rings (SSSR count). The maximum atomic E-state index is 12.0. The summed E-state index contributed by atoms with van der Waals surface area (Å²) in [5, 5.41) is 1.98. The largest absolute Gasteiger partial charge is 0.459 e. The van der Waals surface area contributed by atoms with Gasteiger partial charge in [-0.2, -0.15) is 0 Å². The van der Waals surface area contributed by atoms with Crippen LogP contribution in [0.1, 0.15) is 37.8 Å². The Labute approximate surface area is 133 Å². The van der Waals surface area contributed by atoms with E-state index in [2.05, 4.69) is 4.98 Å². The molecule has 3 atom stereocenters. The average Bonchev–Trinajstić information content (AvgIpc) is 3.27. The topological polar surface area (TPSA) is 52.3 Å². The van der Waals surface area contributed by atoms with Crippen molar-refractivity contribution in [1.29, 1.82) is 0 Å². The predicted molar refractivity (Wildman–Crippen MR) is 83.2 cm³/mol. The Morgan fingerprint density at radius 2 is 2.36 bits per heavy atom.